The molecule has 1 atom stereocenters. The second kappa shape index (κ2) is 5.56. The van der Waals surface area contributed by atoms with Crippen molar-refractivity contribution in [2.75, 3.05) is 26.7 Å². The lowest BCUT2D eigenvalue weighted by Crippen LogP contribution is -2.55. The third-order valence-corrected chi connectivity index (χ3v) is 3.79. The summed E-state index contributed by atoms with van der Waals surface area (Å²) >= 11 is 0. The van der Waals surface area contributed by atoms with Crippen LogP contribution in [-0.4, -0.2) is 60.5 Å². The summed E-state index contributed by atoms with van der Waals surface area (Å²) < 4.78 is 0. The second-order valence-electron chi connectivity index (χ2n) is 5.23. The standard InChI is InChI=1S/C12H22N4O2/c1-15-6-2-3-10(11(15)17)14-12(18)16-7-4-9(13)5-8-16/h9-10H,2-8,13H2,1H3,(H,14,18). The Morgan fingerprint density at radius 1 is 1.28 bits per heavy atom. The summed E-state index contributed by atoms with van der Waals surface area (Å²) in [5.41, 5.74) is 5.80. The number of nitrogens with two attached hydrogens (primary N) is 1. The summed E-state index contributed by atoms with van der Waals surface area (Å²) in [6.45, 7) is 2.15. The monoisotopic (exact) mass is 254 g/mol. The number of hydrogen-bond acceptors (Lipinski definition) is 3. The van der Waals surface area contributed by atoms with Gasteiger partial charge in [0.2, 0.25) is 5.91 Å². The summed E-state index contributed by atoms with van der Waals surface area (Å²) in [6.07, 6.45) is 3.36. The zero-order valence-corrected chi connectivity index (χ0v) is 10.9. The molecule has 0 radical (unpaired) electrons. The quantitative estimate of drug-likeness (QED) is 0.676. The molecule has 0 aromatic rings. The van der Waals surface area contributed by atoms with Crippen LogP contribution >= 0.6 is 0 Å². The van der Waals surface area contributed by atoms with Crippen molar-refractivity contribution < 1.29 is 9.59 Å². The van der Waals surface area contributed by atoms with E-state index in [1.165, 1.54) is 0 Å². The SMILES string of the molecule is CN1CCCC(NC(=O)N2CCC(N)CC2)C1=O. The van der Waals surface area contributed by atoms with Crippen LogP contribution in [0.1, 0.15) is 25.7 Å². The molecule has 0 aliphatic carbocycles. The van der Waals surface area contributed by atoms with Gasteiger partial charge in [0.15, 0.2) is 0 Å². The number of rotatable bonds is 1. The van der Waals surface area contributed by atoms with Gasteiger partial charge in [-0.05, 0) is 25.7 Å². The Hall–Kier alpha value is -1.30. The highest BCUT2D eigenvalue weighted by Crippen LogP contribution is 2.12. The molecule has 2 fully saturated rings. The van der Waals surface area contributed by atoms with Crippen LogP contribution in [-0.2, 0) is 4.79 Å². The highest BCUT2D eigenvalue weighted by molar-refractivity contribution is 5.87. The van der Waals surface area contributed by atoms with Crippen molar-refractivity contribution in [3.8, 4) is 0 Å². The minimum Gasteiger partial charge on any atom is -0.344 e. The molecule has 2 saturated heterocycles. The van der Waals surface area contributed by atoms with Gasteiger partial charge in [-0.25, -0.2) is 4.79 Å². The minimum absolute atomic E-state index is 0.0170. The second-order valence-corrected chi connectivity index (χ2v) is 5.23. The lowest BCUT2D eigenvalue weighted by molar-refractivity contribution is -0.134. The van der Waals surface area contributed by atoms with Crippen LogP contribution in [0.25, 0.3) is 0 Å². The van der Waals surface area contributed by atoms with Crippen LogP contribution in [0.3, 0.4) is 0 Å². The third kappa shape index (κ3) is 2.93. The van der Waals surface area contributed by atoms with Gasteiger partial charge in [0, 0.05) is 32.7 Å². The van der Waals surface area contributed by atoms with E-state index in [2.05, 4.69) is 5.32 Å². The molecule has 3 amide bonds. The topological polar surface area (TPSA) is 78.7 Å². The normalized spacial score (nSPS) is 26.3. The number of amides is 3. The molecule has 6 heteroatoms. The van der Waals surface area contributed by atoms with E-state index in [0.717, 1.165) is 32.2 Å². The number of likely N-dealkylation sites (tertiary alicyclic amines) is 2. The first-order valence-electron chi connectivity index (χ1n) is 6.64. The molecule has 0 spiro atoms. The Balaban J connectivity index is 1.85. The Morgan fingerprint density at radius 3 is 2.61 bits per heavy atom. The van der Waals surface area contributed by atoms with E-state index < -0.39 is 0 Å². The molecule has 1 unspecified atom stereocenters. The van der Waals surface area contributed by atoms with Gasteiger partial charge >= 0.3 is 6.03 Å². The zero-order valence-electron chi connectivity index (χ0n) is 10.9. The van der Waals surface area contributed by atoms with Gasteiger partial charge in [0.05, 0.1) is 0 Å². The molecule has 0 aromatic heterocycles. The van der Waals surface area contributed by atoms with E-state index in [1.54, 1.807) is 16.8 Å². The summed E-state index contributed by atoms with van der Waals surface area (Å²) in [4.78, 5) is 27.3. The fourth-order valence-corrected chi connectivity index (χ4v) is 2.51. The van der Waals surface area contributed by atoms with Crippen molar-refractivity contribution in [1.29, 1.82) is 0 Å². The van der Waals surface area contributed by atoms with Gasteiger partial charge in [0.25, 0.3) is 0 Å². The summed E-state index contributed by atoms with van der Waals surface area (Å²) in [5.74, 6) is 0.0170. The molecule has 2 aliphatic heterocycles. The fraction of sp³-hybridized carbons (Fsp3) is 0.833. The van der Waals surface area contributed by atoms with Crippen molar-refractivity contribution >= 4 is 11.9 Å². The van der Waals surface area contributed by atoms with Crippen molar-refractivity contribution in [2.24, 2.45) is 5.73 Å². The number of nitrogens with zero attached hydrogens (tertiary/aromatic N) is 2. The molecular weight excluding hydrogens is 232 g/mol. The molecule has 0 aromatic carbocycles. The van der Waals surface area contributed by atoms with Gasteiger partial charge in [-0.15, -0.1) is 0 Å². The van der Waals surface area contributed by atoms with E-state index >= 15 is 0 Å². The van der Waals surface area contributed by atoms with E-state index in [-0.39, 0.29) is 24.0 Å². The molecule has 2 heterocycles. The van der Waals surface area contributed by atoms with Crippen molar-refractivity contribution in [1.82, 2.24) is 15.1 Å². The lowest BCUT2D eigenvalue weighted by atomic mass is 10.0. The average molecular weight is 254 g/mol. The first kappa shape index (κ1) is 13.1. The van der Waals surface area contributed by atoms with Gasteiger partial charge in [0.1, 0.15) is 6.04 Å². The van der Waals surface area contributed by atoms with Crippen molar-refractivity contribution in [2.45, 2.75) is 37.8 Å². The minimum atomic E-state index is -0.355. The van der Waals surface area contributed by atoms with Crippen LogP contribution in [0, 0.1) is 0 Å². The Bertz CT molecular complexity index is 326. The summed E-state index contributed by atoms with van der Waals surface area (Å²) in [7, 11) is 1.78. The van der Waals surface area contributed by atoms with Gasteiger partial charge in [-0.1, -0.05) is 0 Å². The average Bonchev–Trinajstić information content (AvgIpc) is 2.36. The van der Waals surface area contributed by atoms with E-state index in [9.17, 15) is 9.59 Å². The summed E-state index contributed by atoms with van der Waals surface area (Å²) in [5, 5.41) is 2.84. The molecule has 0 bridgehead atoms. The third-order valence-electron chi connectivity index (χ3n) is 3.79. The predicted molar refractivity (Wildman–Crippen MR) is 68.0 cm³/mol. The predicted octanol–water partition coefficient (Wildman–Crippen LogP) is -0.260. The number of nitrogens with one attached hydrogen (secondary N) is 1. The lowest BCUT2D eigenvalue weighted by Gasteiger charge is -2.34. The highest BCUT2D eigenvalue weighted by atomic mass is 16.2. The van der Waals surface area contributed by atoms with Crippen LogP contribution in [0.15, 0.2) is 0 Å². The van der Waals surface area contributed by atoms with E-state index in [4.69, 9.17) is 5.73 Å². The molecule has 102 valence electrons. The van der Waals surface area contributed by atoms with Crippen molar-refractivity contribution in [3.05, 3.63) is 0 Å². The molecule has 2 rings (SSSR count). The smallest absolute Gasteiger partial charge is 0.318 e. The molecular formula is C12H22N4O2. The van der Waals surface area contributed by atoms with Crippen LogP contribution in [0.2, 0.25) is 0 Å². The van der Waals surface area contributed by atoms with E-state index in [0.29, 0.717) is 13.1 Å². The number of urea groups is 1. The maximum Gasteiger partial charge on any atom is 0.318 e. The van der Waals surface area contributed by atoms with Crippen molar-refractivity contribution in [3.63, 3.8) is 0 Å². The van der Waals surface area contributed by atoms with E-state index in [1.807, 2.05) is 0 Å². The largest absolute Gasteiger partial charge is 0.344 e. The zero-order chi connectivity index (χ0) is 13.1. The molecule has 0 saturated carbocycles. The fourth-order valence-electron chi connectivity index (χ4n) is 2.51. The first-order chi connectivity index (χ1) is 8.58. The number of piperidine rings is 2. The molecule has 18 heavy (non-hydrogen) atoms. The Labute approximate surface area is 107 Å². The number of hydrogen-bond donors (Lipinski definition) is 2. The molecule has 2 aliphatic rings. The molecule has 6 nitrogen and oxygen atoms in total. The number of likely N-dealkylation sites (N-methyl/N-ethyl adjacent to an activating group) is 1. The van der Waals surface area contributed by atoms with Crippen LogP contribution in [0.4, 0.5) is 4.79 Å². The maximum absolute atomic E-state index is 12.0. The molecule has 3 N–H and O–H groups in total. The summed E-state index contributed by atoms with van der Waals surface area (Å²) in [6, 6.07) is -0.279. The Morgan fingerprint density at radius 2 is 1.94 bits per heavy atom. The van der Waals surface area contributed by atoms with Gasteiger partial charge in [-0.3, -0.25) is 4.79 Å². The number of carbonyl (C=O) groups is 2. The first-order valence-corrected chi connectivity index (χ1v) is 6.64. The Kier molecular flexibility index (Phi) is 4.06. The van der Waals surface area contributed by atoms with Gasteiger partial charge in [-0.2, -0.15) is 0 Å². The van der Waals surface area contributed by atoms with Crippen LogP contribution in [0.5, 0.6) is 0 Å². The maximum atomic E-state index is 12.0. The highest BCUT2D eigenvalue weighted by Gasteiger charge is 2.29. The number of carbonyl (C=O) groups excluding carboxylic acids is 2. The van der Waals surface area contributed by atoms with Crippen LogP contribution < -0.4 is 11.1 Å². The van der Waals surface area contributed by atoms with Gasteiger partial charge < -0.3 is 20.9 Å².